The van der Waals surface area contributed by atoms with E-state index < -0.39 is 0 Å². The van der Waals surface area contributed by atoms with Gasteiger partial charge in [0.2, 0.25) is 0 Å². The summed E-state index contributed by atoms with van der Waals surface area (Å²) < 4.78 is 6.01. The number of nitrogens with zero attached hydrogens (tertiary/aromatic N) is 1. The van der Waals surface area contributed by atoms with Crippen molar-refractivity contribution in [2.24, 2.45) is 0 Å². The normalized spacial score (nSPS) is 11.6. The van der Waals surface area contributed by atoms with Crippen LogP contribution >= 0.6 is 0 Å². The van der Waals surface area contributed by atoms with E-state index in [1.54, 1.807) is 0 Å². The fourth-order valence-corrected chi connectivity index (χ4v) is 2.54. The molecule has 0 spiro atoms. The number of nitrogens with one attached hydrogen (secondary N) is 2. The van der Waals surface area contributed by atoms with Crippen LogP contribution in [0.3, 0.4) is 0 Å². The molecule has 0 amide bonds. The van der Waals surface area contributed by atoms with Crippen LogP contribution in [0.4, 0.5) is 0 Å². The Bertz CT molecular complexity index is 739. The van der Waals surface area contributed by atoms with Gasteiger partial charge in [-0.15, -0.1) is 0 Å². The second kappa shape index (κ2) is 5.74. The molecule has 0 saturated carbocycles. The van der Waals surface area contributed by atoms with Crippen molar-refractivity contribution in [1.29, 1.82) is 0 Å². The van der Waals surface area contributed by atoms with Crippen LogP contribution in [-0.2, 0) is 13.0 Å². The molecular weight excluding hydrogens is 262 g/mol. The predicted octanol–water partition coefficient (Wildman–Crippen LogP) is 3.88. The van der Waals surface area contributed by atoms with Gasteiger partial charge in [-0.1, -0.05) is 39.0 Å². The summed E-state index contributed by atoms with van der Waals surface area (Å²) in [6, 6.07) is 10.7. The fourth-order valence-electron chi connectivity index (χ4n) is 2.54. The van der Waals surface area contributed by atoms with Gasteiger partial charge in [-0.05, 0) is 18.6 Å². The van der Waals surface area contributed by atoms with Crippen molar-refractivity contribution in [1.82, 2.24) is 15.5 Å². The molecule has 2 heterocycles. The monoisotopic (exact) mass is 283 g/mol. The van der Waals surface area contributed by atoms with E-state index >= 15 is 0 Å². The molecule has 0 atom stereocenters. The van der Waals surface area contributed by atoms with Crippen molar-refractivity contribution in [3.05, 3.63) is 41.6 Å². The van der Waals surface area contributed by atoms with Crippen LogP contribution in [0.1, 0.15) is 32.0 Å². The molecule has 0 radical (unpaired) electrons. The van der Waals surface area contributed by atoms with E-state index in [0.717, 1.165) is 35.7 Å². The summed E-state index contributed by atoms with van der Waals surface area (Å²) in [7, 11) is 0. The van der Waals surface area contributed by atoms with Crippen LogP contribution in [0.25, 0.3) is 22.4 Å². The number of para-hydroxylation sites is 1. The van der Waals surface area contributed by atoms with Gasteiger partial charge in [-0.25, -0.2) is 0 Å². The lowest BCUT2D eigenvalue weighted by Gasteiger charge is -2.04. The van der Waals surface area contributed by atoms with E-state index in [1.165, 1.54) is 10.9 Å². The summed E-state index contributed by atoms with van der Waals surface area (Å²) in [6.07, 6.45) is 0.929. The van der Waals surface area contributed by atoms with Gasteiger partial charge in [-0.2, -0.15) is 5.10 Å². The van der Waals surface area contributed by atoms with Gasteiger partial charge < -0.3 is 9.73 Å². The van der Waals surface area contributed by atoms with Gasteiger partial charge in [0.1, 0.15) is 11.3 Å². The molecule has 3 rings (SSSR count). The van der Waals surface area contributed by atoms with Crippen molar-refractivity contribution in [2.75, 3.05) is 0 Å². The zero-order valence-electron chi connectivity index (χ0n) is 12.7. The zero-order chi connectivity index (χ0) is 14.8. The Labute approximate surface area is 124 Å². The minimum atomic E-state index is 0.453. The first-order valence-corrected chi connectivity index (χ1v) is 7.47. The summed E-state index contributed by atoms with van der Waals surface area (Å²) in [5.41, 5.74) is 4.10. The molecule has 4 nitrogen and oxygen atoms in total. The number of aryl methyl sites for hydroxylation is 1. The summed E-state index contributed by atoms with van der Waals surface area (Å²) in [4.78, 5) is 0. The highest BCUT2D eigenvalue weighted by Gasteiger charge is 2.16. The van der Waals surface area contributed by atoms with Crippen molar-refractivity contribution >= 4 is 11.0 Å². The maximum atomic E-state index is 6.01. The van der Waals surface area contributed by atoms with Gasteiger partial charge in [0, 0.05) is 29.2 Å². The largest absolute Gasteiger partial charge is 0.454 e. The molecule has 110 valence electrons. The molecule has 2 N–H and O–H groups in total. The minimum Gasteiger partial charge on any atom is -0.454 e. The summed E-state index contributed by atoms with van der Waals surface area (Å²) in [5.74, 6) is 0.880. The van der Waals surface area contributed by atoms with Gasteiger partial charge in [0.05, 0.1) is 0 Å². The molecule has 0 unspecified atom stereocenters. The minimum absolute atomic E-state index is 0.453. The van der Waals surface area contributed by atoms with Crippen molar-refractivity contribution < 1.29 is 4.42 Å². The Kier molecular flexibility index (Phi) is 3.80. The molecule has 0 bridgehead atoms. The number of hydrogen-bond donors (Lipinski definition) is 2. The highest BCUT2D eigenvalue weighted by atomic mass is 16.3. The third-order valence-corrected chi connectivity index (χ3v) is 3.62. The molecule has 3 aromatic rings. The average Bonchev–Trinajstić information content (AvgIpc) is 3.08. The first-order chi connectivity index (χ1) is 10.2. The third kappa shape index (κ3) is 2.72. The maximum absolute atomic E-state index is 6.01. The molecule has 0 fully saturated rings. The lowest BCUT2D eigenvalue weighted by atomic mass is 10.1. The number of rotatable bonds is 5. The number of aromatic amines is 1. The van der Waals surface area contributed by atoms with Crippen LogP contribution in [0.2, 0.25) is 0 Å². The Morgan fingerprint density at radius 2 is 2.10 bits per heavy atom. The van der Waals surface area contributed by atoms with Crippen LogP contribution in [0, 0.1) is 0 Å². The molecule has 2 aromatic heterocycles. The first-order valence-electron chi connectivity index (χ1n) is 7.47. The van der Waals surface area contributed by atoms with Crippen molar-refractivity contribution in [3.63, 3.8) is 0 Å². The Morgan fingerprint density at radius 1 is 1.29 bits per heavy atom. The fraction of sp³-hybridized carbons (Fsp3) is 0.353. The van der Waals surface area contributed by atoms with E-state index in [4.69, 9.17) is 4.42 Å². The third-order valence-electron chi connectivity index (χ3n) is 3.62. The highest BCUT2D eigenvalue weighted by Crippen LogP contribution is 2.33. The molecule has 4 heteroatoms. The number of benzene rings is 1. The molecular formula is C17H21N3O. The number of furan rings is 1. The summed E-state index contributed by atoms with van der Waals surface area (Å²) in [5, 5.41) is 12.1. The van der Waals surface area contributed by atoms with Gasteiger partial charge in [0.15, 0.2) is 5.76 Å². The lowest BCUT2D eigenvalue weighted by molar-refractivity contribution is 0.580. The Morgan fingerprint density at radius 3 is 2.86 bits per heavy atom. The Hall–Kier alpha value is -2.07. The predicted molar refractivity (Wildman–Crippen MR) is 85.1 cm³/mol. The van der Waals surface area contributed by atoms with Crippen molar-refractivity contribution in [2.45, 2.75) is 39.8 Å². The molecule has 0 saturated heterocycles. The smallest absolute Gasteiger partial charge is 0.158 e. The standard InChI is InChI=1S/C17H21N3O/c1-4-13-14-7-5-6-8-16(14)21-17(13)15-9-12(19-20-15)10-18-11(2)3/h5-9,11,18H,4,10H2,1-3H3,(H,19,20). The lowest BCUT2D eigenvalue weighted by Crippen LogP contribution is -2.21. The van der Waals surface area contributed by atoms with Crippen LogP contribution in [-0.4, -0.2) is 16.2 Å². The molecule has 0 aliphatic heterocycles. The topological polar surface area (TPSA) is 53.9 Å². The van der Waals surface area contributed by atoms with E-state index in [0.29, 0.717) is 6.04 Å². The summed E-state index contributed by atoms with van der Waals surface area (Å²) >= 11 is 0. The number of fused-ring (bicyclic) bond motifs is 1. The van der Waals surface area contributed by atoms with Crippen molar-refractivity contribution in [3.8, 4) is 11.5 Å². The SMILES string of the molecule is CCc1c(-c2cc(CNC(C)C)[nH]n2)oc2ccccc12. The quantitative estimate of drug-likeness (QED) is 0.747. The van der Waals surface area contributed by atoms with E-state index in [9.17, 15) is 0 Å². The Balaban J connectivity index is 1.96. The van der Waals surface area contributed by atoms with Gasteiger partial charge in [-0.3, -0.25) is 5.10 Å². The number of hydrogen-bond acceptors (Lipinski definition) is 3. The number of aromatic nitrogens is 2. The van der Waals surface area contributed by atoms with Crippen LogP contribution < -0.4 is 5.32 Å². The zero-order valence-corrected chi connectivity index (χ0v) is 12.7. The maximum Gasteiger partial charge on any atom is 0.158 e. The van der Waals surface area contributed by atoms with E-state index in [-0.39, 0.29) is 0 Å². The molecule has 21 heavy (non-hydrogen) atoms. The summed E-state index contributed by atoms with van der Waals surface area (Å²) in [6.45, 7) is 7.19. The highest BCUT2D eigenvalue weighted by molar-refractivity contribution is 5.87. The second-order valence-corrected chi connectivity index (χ2v) is 5.57. The van der Waals surface area contributed by atoms with E-state index in [1.807, 2.05) is 18.2 Å². The molecule has 0 aliphatic rings. The molecule has 0 aliphatic carbocycles. The van der Waals surface area contributed by atoms with Crippen LogP contribution in [0.15, 0.2) is 34.7 Å². The average molecular weight is 283 g/mol. The number of H-pyrrole nitrogens is 1. The van der Waals surface area contributed by atoms with E-state index in [2.05, 4.69) is 48.4 Å². The second-order valence-electron chi connectivity index (χ2n) is 5.57. The first kappa shape index (κ1) is 13.9. The van der Waals surface area contributed by atoms with Gasteiger partial charge in [0.25, 0.3) is 0 Å². The van der Waals surface area contributed by atoms with Crippen LogP contribution in [0.5, 0.6) is 0 Å². The molecule has 1 aromatic carbocycles. The van der Waals surface area contributed by atoms with Gasteiger partial charge >= 0.3 is 0 Å².